The lowest BCUT2D eigenvalue weighted by Gasteiger charge is -2.33. The average Bonchev–Trinajstić information content (AvgIpc) is 2.76. The Kier molecular flexibility index (Phi) is 9.38. The Morgan fingerprint density at radius 1 is 1.06 bits per heavy atom. The van der Waals surface area contributed by atoms with Crippen LogP contribution in [0.1, 0.15) is 44.0 Å². The maximum absolute atomic E-state index is 12.8. The number of hydrogen-bond acceptors (Lipinski definition) is 6. The molecule has 1 N–H and O–H groups in total. The number of carbonyl (C=O) groups excluding carboxylic acids is 3. The van der Waals surface area contributed by atoms with E-state index >= 15 is 0 Å². The van der Waals surface area contributed by atoms with Crippen LogP contribution in [0.2, 0.25) is 0 Å². The summed E-state index contributed by atoms with van der Waals surface area (Å²) in [5, 5.41) is 3.05. The predicted molar refractivity (Wildman–Crippen MR) is 131 cm³/mol. The number of benzene rings is 1. The minimum atomic E-state index is -3.86. The van der Waals surface area contributed by atoms with Gasteiger partial charge >= 0.3 is 0 Å². The fourth-order valence-electron chi connectivity index (χ4n) is 4.19. The van der Waals surface area contributed by atoms with Crippen LogP contribution in [0.4, 0.5) is 0 Å². The largest absolute Gasteiger partial charge is 0.355 e. The number of sulfonamides is 1. The monoisotopic (exact) mass is 494 g/mol. The molecule has 1 aromatic rings. The molecule has 10 heteroatoms. The van der Waals surface area contributed by atoms with Gasteiger partial charge in [0.2, 0.25) is 21.8 Å². The summed E-state index contributed by atoms with van der Waals surface area (Å²) in [6.45, 7) is 7.61. The van der Waals surface area contributed by atoms with Crippen LogP contribution in [0.25, 0.3) is 0 Å². The Hall–Kier alpha value is -2.30. The van der Waals surface area contributed by atoms with E-state index in [2.05, 4.69) is 24.1 Å². The third kappa shape index (κ3) is 7.61. The number of nitrogens with zero attached hydrogens (tertiary/aromatic N) is 3. The van der Waals surface area contributed by atoms with Crippen LogP contribution in [-0.4, -0.2) is 94.0 Å². The van der Waals surface area contributed by atoms with Crippen molar-refractivity contribution in [3.63, 3.8) is 0 Å². The Balaban J connectivity index is 1.87. The zero-order chi connectivity index (χ0) is 25.7. The summed E-state index contributed by atoms with van der Waals surface area (Å²) in [5.74, 6) is -0.590. The highest BCUT2D eigenvalue weighted by Gasteiger charge is 2.31. The average molecular weight is 495 g/mol. The molecule has 0 saturated carbocycles. The highest BCUT2D eigenvalue weighted by atomic mass is 32.2. The first kappa shape index (κ1) is 27.9. The van der Waals surface area contributed by atoms with E-state index in [0.29, 0.717) is 38.0 Å². The molecule has 0 bridgehead atoms. The fraction of sp³-hybridized carbons (Fsp3) is 0.625. The van der Waals surface area contributed by atoms with E-state index in [9.17, 15) is 22.8 Å². The zero-order valence-electron chi connectivity index (χ0n) is 21.1. The quantitative estimate of drug-likeness (QED) is 0.494. The summed E-state index contributed by atoms with van der Waals surface area (Å²) >= 11 is 0. The van der Waals surface area contributed by atoms with Crippen LogP contribution in [0.15, 0.2) is 29.2 Å². The maximum Gasteiger partial charge on any atom is 0.243 e. The van der Waals surface area contributed by atoms with E-state index in [4.69, 9.17) is 0 Å². The number of hydrogen-bond donors (Lipinski definition) is 1. The third-order valence-electron chi connectivity index (χ3n) is 6.03. The molecule has 190 valence electrons. The van der Waals surface area contributed by atoms with Crippen LogP contribution >= 0.6 is 0 Å². The van der Waals surface area contributed by atoms with Gasteiger partial charge in [0.15, 0.2) is 5.78 Å². The summed E-state index contributed by atoms with van der Waals surface area (Å²) in [7, 11) is 1.51. The first-order chi connectivity index (χ1) is 15.7. The molecule has 34 heavy (non-hydrogen) atoms. The molecule has 1 aromatic carbocycles. The van der Waals surface area contributed by atoms with Crippen LogP contribution in [-0.2, 0) is 19.6 Å². The van der Waals surface area contributed by atoms with Crippen LogP contribution in [0, 0.1) is 11.3 Å². The van der Waals surface area contributed by atoms with Crippen molar-refractivity contribution in [3.8, 4) is 0 Å². The third-order valence-corrected chi connectivity index (χ3v) is 7.85. The SMILES string of the molecule is CC(=O)c1ccc(S(=O)(=O)N(C)CC(=O)N2CCC(C(=O)NCC(C)(C)CN(C)C)CC2)cc1. The Bertz CT molecular complexity index is 981. The topological polar surface area (TPSA) is 107 Å². The molecule has 1 aliphatic rings. The van der Waals surface area contributed by atoms with Gasteiger partial charge in [-0.2, -0.15) is 4.31 Å². The summed E-state index contributed by atoms with van der Waals surface area (Å²) in [6, 6.07) is 5.67. The molecule has 0 radical (unpaired) electrons. The van der Waals surface area contributed by atoms with Gasteiger partial charge in [-0.05, 0) is 51.4 Å². The number of Topliss-reactive ketones (excluding diaryl/α,β-unsaturated/α-hetero) is 1. The Labute approximate surface area is 203 Å². The van der Waals surface area contributed by atoms with Crippen molar-refractivity contribution in [2.75, 3.05) is 53.9 Å². The number of amides is 2. The van der Waals surface area contributed by atoms with Gasteiger partial charge in [0.1, 0.15) is 0 Å². The number of ketones is 1. The van der Waals surface area contributed by atoms with E-state index in [1.807, 2.05) is 14.1 Å². The molecule has 1 fully saturated rings. The van der Waals surface area contributed by atoms with Crippen molar-refractivity contribution >= 4 is 27.6 Å². The number of carbonyl (C=O) groups is 3. The van der Waals surface area contributed by atoms with Crippen molar-refractivity contribution in [1.29, 1.82) is 0 Å². The second-order valence-electron chi connectivity index (χ2n) is 10.1. The highest BCUT2D eigenvalue weighted by molar-refractivity contribution is 7.89. The molecule has 1 heterocycles. The van der Waals surface area contributed by atoms with Gasteiger partial charge in [0.05, 0.1) is 11.4 Å². The molecule has 0 unspecified atom stereocenters. The van der Waals surface area contributed by atoms with Gasteiger partial charge in [-0.1, -0.05) is 26.0 Å². The minimum absolute atomic E-state index is 0.00707. The van der Waals surface area contributed by atoms with E-state index in [-0.39, 0.29) is 40.4 Å². The van der Waals surface area contributed by atoms with E-state index in [1.54, 1.807) is 4.90 Å². The number of likely N-dealkylation sites (N-methyl/N-ethyl adjacent to an activating group) is 1. The summed E-state index contributed by atoms with van der Waals surface area (Å²) in [5.41, 5.74) is 0.379. The Morgan fingerprint density at radius 2 is 1.62 bits per heavy atom. The second kappa shape index (κ2) is 11.4. The number of nitrogens with one attached hydrogen (secondary N) is 1. The highest BCUT2D eigenvalue weighted by Crippen LogP contribution is 2.21. The molecule has 0 spiro atoms. The van der Waals surface area contributed by atoms with Crippen LogP contribution in [0.3, 0.4) is 0 Å². The molecule has 1 saturated heterocycles. The summed E-state index contributed by atoms with van der Waals surface area (Å²) in [6.07, 6.45) is 1.10. The van der Waals surface area contributed by atoms with Crippen molar-refractivity contribution in [2.24, 2.45) is 11.3 Å². The van der Waals surface area contributed by atoms with Crippen molar-refractivity contribution in [1.82, 2.24) is 19.4 Å². The van der Waals surface area contributed by atoms with E-state index in [1.165, 1.54) is 38.2 Å². The first-order valence-corrected chi connectivity index (χ1v) is 12.9. The van der Waals surface area contributed by atoms with Crippen LogP contribution in [0.5, 0.6) is 0 Å². The molecule has 9 nitrogen and oxygen atoms in total. The van der Waals surface area contributed by atoms with Crippen molar-refractivity contribution < 1.29 is 22.8 Å². The first-order valence-electron chi connectivity index (χ1n) is 11.5. The molecule has 0 atom stereocenters. The standard InChI is InChI=1S/C24H38N4O5S/c1-18(29)19-7-9-21(10-8-19)34(32,33)27(6)15-22(30)28-13-11-20(12-14-28)23(31)25-16-24(2,3)17-26(4)5/h7-10,20H,11-17H2,1-6H3,(H,25,31). The molecule has 0 aliphatic carbocycles. The summed E-state index contributed by atoms with van der Waals surface area (Å²) < 4.78 is 26.6. The Morgan fingerprint density at radius 3 is 2.12 bits per heavy atom. The van der Waals surface area contributed by atoms with Gasteiger partial charge in [-0.15, -0.1) is 0 Å². The number of piperidine rings is 1. The van der Waals surface area contributed by atoms with E-state index in [0.717, 1.165) is 10.8 Å². The fourth-order valence-corrected chi connectivity index (χ4v) is 5.31. The van der Waals surface area contributed by atoms with E-state index < -0.39 is 10.0 Å². The van der Waals surface area contributed by atoms with Crippen LogP contribution < -0.4 is 5.32 Å². The molecular formula is C24H38N4O5S. The zero-order valence-corrected chi connectivity index (χ0v) is 21.9. The van der Waals surface area contributed by atoms with Gasteiger partial charge in [-0.25, -0.2) is 8.42 Å². The molecular weight excluding hydrogens is 456 g/mol. The number of likely N-dealkylation sites (tertiary alicyclic amines) is 1. The lowest BCUT2D eigenvalue weighted by molar-refractivity contribution is -0.135. The van der Waals surface area contributed by atoms with Crippen molar-refractivity contribution in [3.05, 3.63) is 29.8 Å². The maximum atomic E-state index is 12.8. The molecule has 2 rings (SSSR count). The summed E-state index contributed by atoms with van der Waals surface area (Å²) in [4.78, 5) is 40.5. The normalized spacial score (nSPS) is 15.6. The van der Waals surface area contributed by atoms with Gasteiger partial charge in [0, 0.05) is 44.7 Å². The lowest BCUT2D eigenvalue weighted by atomic mass is 9.91. The second-order valence-corrected chi connectivity index (χ2v) is 12.2. The number of rotatable bonds is 10. The van der Waals surface area contributed by atoms with Crippen molar-refractivity contribution in [2.45, 2.75) is 38.5 Å². The van der Waals surface area contributed by atoms with Gasteiger partial charge in [0.25, 0.3) is 0 Å². The molecule has 2 amide bonds. The molecule has 1 aliphatic heterocycles. The lowest BCUT2D eigenvalue weighted by Crippen LogP contribution is -2.48. The van der Waals surface area contributed by atoms with Gasteiger partial charge in [-0.3, -0.25) is 14.4 Å². The predicted octanol–water partition coefficient (Wildman–Crippen LogP) is 1.45. The minimum Gasteiger partial charge on any atom is -0.355 e. The smallest absolute Gasteiger partial charge is 0.243 e. The molecule has 0 aromatic heterocycles. The van der Waals surface area contributed by atoms with Gasteiger partial charge < -0.3 is 15.1 Å².